The van der Waals surface area contributed by atoms with Crippen molar-refractivity contribution in [3.63, 3.8) is 0 Å². The molecule has 5 nitrogen and oxygen atoms in total. The number of nitrogens with zero attached hydrogens (tertiary/aromatic N) is 4. The molecule has 0 fully saturated rings. The van der Waals surface area contributed by atoms with Crippen LogP contribution in [0.2, 0.25) is 0 Å². The SMILES string of the molecule is COc1ccncc1-c1cc[c]c(-n2cncn2)c1. The molecule has 0 aliphatic carbocycles. The van der Waals surface area contributed by atoms with Crippen LogP contribution in [-0.2, 0) is 0 Å². The first-order valence-corrected chi connectivity index (χ1v) is 5.73. The summed E-state index contributed by atoms with van der Waals surface area (Å²) in [6.45, 7) is 0. The van der Waals surface area contributed by atoms with Crippen LogP contribution in [0.15, 0.2) is 49.3 Å². The van der Waals surface area contributed by atoms with Crippen molar-refractivity contribution in [2.45, 2.75) is 0 Å². The van der Waals surface area contributed by atoms with Gasteiger partial charge in [0.2, 0.25) is 0 Å². The fraction of sp³-hybridized carbons (Fsp3) is 0.0714. The van der Waals surface area contributed by atoms with E-state index in [0.717, 1.165) is 22.6 Å². The summed E-state index contributed by atoms with van der Waals surface area (Å²) in [7, 11) is 1.65. The lowest BCUT2D eigenvalue weighted by atomic mass is 10.1. The van der Waals surface area contributed by atoms with Gasteiger partial charge in [0, 0.05) is 24.0 Å². The normalized spacial score (nSPS) is 10.4. The molecule has 0 atom stereocenters. The van der Waals surface area contributed by atoms with Crippen molar-refractivity contribution in [3.05, 3.63) is 55.4 Å². The molecule has 19 heavy (non-hydrogen) atoms. The Labute approximate surface area is 110 Å². The Hall–Kier alpha value is -2.69. The van der Waals surface area contributed by atoms with E-state index < -0.39 is 0 Å². The standard InChI is InChI=1S/C14H11N4O/c1-19-14-5-6-15-8-13(14)11-3-2-4-12(7-11)18-10-16-9-17-18/h2-3,5-10H,1H3. The minimum absolute atomic E-state index is 0.783. The molecule has 2 aromatic heterocycles. The van der Waals surface area contributed by atoms with Crippen molar-refractivity contribution in [1.29, 1.82) is 0 Å². The van der Waals surface area contributed by atoms with E-state index in [2.05, 4.69) is 21.1 Å². The largest absolute Gasteiger partial charge is 0.496 e. The number of benzene rings is 1. The Morgan fingerprint density at radius 1 is 1.26 bits per heavy atom. The zero-order valence-corrected chi connectivity index (χ0v) is 10.3. The Balaban J connectivity index is 2.09. The van der Waals surface area contributed by atoms with Crippen LogP contribution in [0.1, 0.15) is 0 Å². The van der Waals surface area contributed by atoms with E-state index in [1.54, 1.807) is 30.5 Å². The van der Waals surface area contributed by atoms with Gasteiger partial charge in [-0.15, -0.1) is 0 Å². The van der Waals surface area contributed by atoms with Crippen molar-refractivity contribution in [2.75, 3.05) is 7.11 Å². The van der Waals surface area contributed by atoms with Gasteiger partial charge in [0.05, 0.1) is 12.8 Å². The monoisotopic (exact) mass is 251 g/mol. The van der Waals surface area contributed by atoms with Crippen molar-refractivity contribution in [3.8, 4) is 22.6 Å². The lowest BCUT2D eigenvalue weighted by Crippen LogP contribution is -1.95. The number of pyridine rings is 1. The second-order valence-corrected chi connectivity index (χ2v) is 3.88. The average molecular weight is 251 g/mol. The van der Waals surface area contributed by atoms with E-state index in [1.165, 1.54) is 6.33 Å². The Bertz CT molecular complexity index is 679. The average Bonchev–Trinajstić information content (AvgIpc) is 3.01. The summed E-state index contributed by atoms with van der Waals surface area (Å²) in [6, 6.07) is 10.7. The maximum Gasteiger partial charge on any atom is 0.138 e. The van der Waals surface area contributed by atoms with Gasteiger partial charge in [0.1, 0.15) is 18.4 Å². The number of hydrogen-bond donors (Lipinski definition) is 0. The molecule has 2 heterocycles. The zero-order valence-electron chi connectivity index (χ0n) is 10.3. The summed E-state index contributed by atoms with van der Waals surface area (Å²) in [5, 5.41) is 4.09. The molecule has 0 unspecified atom stereocenters. The van der Waals surface area contributed by atoms with E-state index in [9.17, 15) is 0 Å². The summed E-state index contributed by atoms with van der Waals surface area (Å²) in [5.74, 6) is 0.783. The third kappa shape index (κ3) is 2.18. The Morgan fingerprint density at radius 3 is 3.00 bits per heavy atom. The third-order valence-corrected chi connectivity index (χ3v) is 2.76. The number of ether oxygens (including phenoxy) is 1. The molecule has 1 aromatic carbocycles. The van der Waals surface area contributed by atoms with Crippen LogP contribution < -0.4 is 4.74 Å². The van der Waals surface area contributed by atoms with Crippen LogP contribution >= 0.6 is 0 Å². The van der Waals surface area contributed by atoms with E-state index >= 15 is 0 Å². The van der Waals surface area contributed by atoms with Gasteiger partial charge in [-0.25, -0.2) is 9.67 Å². The van der Waals surface area contributed by atoms with E-state index in [-0.39, 0.29) is 0 Å². The first-order valence-electron chi connectivity index (χ1n) is 5.73. The van der Waals surface area contributed by atoms with Gasteiger partial charge in [-0.1, -0.05) is 12.1 Å². The van der Waals surface area contributed by atoms with Crippen molar-refractivity contribution < 1.29 is 4.74 Å². The molecular formula is C14H11N4O. The van der Waals surface area contributed by atoms with Crippen LogP contribution in [-0.4, -0.2) is 26.9 Å². The maximum atomic E-state index is 5.35. The second-order valence-electron chi connectivity index (χ2n) is 3.88. The number of hydrogen-bond acceptors (Lipinski definition) is 4. The van der Waals surface area contributed by atoms with Crippen LogP contribution in [0, 0.1) is 6.07 Å². The van der Waals surface area contributed by atoms with Gasteiger partial charge in [0.15, 0.2) is 0 Å². The highest BCUT2D eigenvalue weighted by Gasteiger charge is 2.07. The fourth-order valence-electron chi connectivity index (χ4n) is 1.86. The summed E-state index contributed by atoms with van der Waals surface area (Å²) in [4.78, 5) is 8.07. The summed E-state index contributed by atoms with van der Waals surface area (Å²) >= 11 is 0. The smallest absolute Gasteiger partial charge is 0.138 e. The van der Waals surface area contributed by atoms with Crippen LogP contribution in [0.3, 0.4) is 0 Å². The van der Waals surface area contributed by atoms with E-state index in [0.29, 0.717) is 0 Å². The molecule has 0 amide bonds. The van der Waals surface area contributed by atoms with Crippen LogP contribution in [0.5, 0.6) is 5.75 Å². The van der Waals surface area contributed by atoms with Gasteiger partial charge < -0.3 is 4.74 Å². The number of aromatic nitrogens is 4. The molecule has 5 heteroatoms. The molecule has 93 valence electrons. The molecule has 3 aromatic rings. The van der Waals surface area contributed by atoms with Crippen LogP contribution in [0.4, 0.5) is 0 Å². The maximum absolute atomic E-state index is 5.35. The van der Waals surface area contributed by atoms with Gasteiger partial charge in [0.25, 0.3) is 0 Å². The topological polar surface area (TPSA) is 52.8 Å². The molecular weight excluding hydrogens is 240 g/mol. The van der Waals surface area contributed by atoms with Crippen molar-refractivity contribution in [2.24, 2.45) is 0 Å². The van der Waals surface area contributed by atoms with Crippen molar-refractivity contribution in [1.82, 2.24) is 19.7 Å². The fourth-order valence-corrected chi connectivity index (χ4v) is 1.86. The number of rotatable bonds is 3. The lowest BCUT2D eigenvalue weighted by molar-refractivity contribution is 0.416. The molecule has 0 saturated carbocycles. The summed E-state index contributed by atoms with van der Waals surface area (Å²) < 4.78 is 7.00. The predicted molar refractivity (Wildman–Crippen MR) is 70.0 cm³/mol. The number of methoxy groups -OCH3 is 1. The highest BCUT2D eigenvalue weighted by atomic mass is 16.5. The predicted octanol–water partition coefficient (Wildman–Crippen LogP) is 2.14. The van der Waals surface area contributed by atoms with Gasteiger partial charge >= 0.3 is 0 Å². The zero-order chi connectivity index (χ0) is 13.1. The van der Waals surface area contributed by atoms with Gasteiger partial charge in [-0.3, -0.25) is 4.98 Å². The summed E-state index contributed by atoms with van der Waals surface area (Å²) in [5.41, 5.74) is 2.75. The minimum atomic E-state index is 0.783. The van der Waals surface area contributed by atoms with Crippen LogP contribution in [0.25, 0.3) is 16.8 Å². The Kier molecular flexibility index (Phi) is 2.94. The quantitative estimate of drug-likeness (QED) is 0.715. The third-order valence-electron chi connectivity index (χ3n) is 2.76. The van der Waals surface area contributed by atoms with E-state index in [4.69, 9.17) is 4.74 Å². The Morgan fingerprint density at radius 2 is 2.21 bits per heavy atom. The molecule has 0 spiro atoms. The second kappa shape index (κ2) is 4.89. The first kappa shape index (κ1) is 11.4. The molecule has 0 N–H and O–H groups in total. The molecule has 0 bridgehead atoms. The summed E-state index contributed by atoms with van der Waals surface area (Å²) in [6.07, 6.45) is 6.61. The highest BCUT2D eigenvalue weighted by Crippen LogP contribution is 2.29. The molecule has 0 aliphatic rings. The molecule has 0 aliphatic heterocycles. The molecule has 0 saturated heterocycles. The molecule has 3 rings (SSSR count). The highest BCUT2D eigenvalue weighted by molar-refractivity contribution is 5.70. The van der Waals surface area contributed by atoms with Gasteiger partial charge in [-0.2, -0.15) is 5.10 Å². The molecule has 1 radical (unpaired) electrons. The van der Waals surface area contributed by atoms with E-state index in [1.807, 2.05) is 24.3 Å². The van der Waals surface area contributed by atoms with Crippen molar-refractivity contribution >= 4 is 0 Å². The lowest BCUT2D eigenvalue weighted by Gasteiger charge is -2.08. The van der Waals surface area contributed by atoms with Gasteiger partial charge in [-0.05, 0) is 17.7 Å². The first-order chi connectivity index (χ1) is 9.38. The minimum Gasteiger partial charge on any atom is -0.496 e.